The lowest BCUT2D eigenvalue weighted by atomic mass is 9.70. The summed E-state index contributed by atoms with van der Waals surface area (Å²) < 4.78 is 10.7. The lowest BCUT2D eigenvalue weighted by Crippen LogP contribution is -2.26. The number of furan rings is 1. The van der Waals surface area contributed by atoms with Crippen LogP contribution in [0.5, 0.6) is 0 Å². The molecule has 0 fully saturated rings. The fraction of sp³-hybridized carbons (Fsp3) is 0.0159. The van der Waals surface area contributed by atoms with Crippen molar-refractivity contribution in [1.29, 1.82) is 0 Å². The topological polar surface area (TPSA) is 19.6 Å². The number of nitrogens with zero attached hydrogens (tertiary/aromatic N) is 2. The van der Waals surface area contributed by atoms with Crippen LogP contribution in [-0.2, 0) is 5.41 Å². The highest BCUT2D eigenvalue weighted by Crippen LogP contribution is 2.67. The maximum absolute atomic E-state index is 6.78. The number of fused-ring (bicyclic) bond motifs is 18. The van der Waals surface area contributed by atoms with Crippen molar-refractivity contribution in [3.8, 4) is 21.6 Å². The highest BCUT2D eigenvalue weighted by atomic mass is 32.1. The number of hydrogen-bond acceptors (Lipinski definition) is 5. The Kier molecular flexibility index (Phi) is 8.03. The van der Waals surface area contributed by atoms with E-state index in [1.807, 2.05) is 28.7 Å². The largest absolute Gasteiger partial charge is 0.454 e. The SMILES string of the molecule is c1ccc(N(c2ccc3c(c2)C2(c4ccccc4-c4ccc(N(c5ccccc5)c5cccc6c5sc5ccccc56)cc42)c2c-3sc3ccccc23)c2cccc3c2oc2ccccc23)cc1. The fourth-order valence-electron chi connectivity index (χ4n) is 11.7. The van der Waals surface area contributed by atoms with Gasteiger partial charge in [0.25, 0.3) is 0 Å². The molecule has 0 radical (unpaired) electrons. The first-order valence-electron chi connectivity index (χ1n) is 23.2. The van der Waals surface area contributed by atoms with Crippen molar-refractivity contribution in [2.24, 2.45) is 0 Å². The molecule has 318 valence electrons. The Balaban J connectivity index is 1.02. The van der Waals surface area contributed by atoms with Crippen molar-refractivity contribution >= 4 is 109 Å². The van der Waals surface area contributed by atoms with Crippen molar-refractivity contribution in [3.63, 3.8) is 0 Å². The van der Waals surface area contributed by atoms with Crippen LogP contribution in [0.25, 0.3) is 73.8 Å². The lowest BCUT2D eigenvalue weighted by Gasteiger charge is -2.33. The van der Waals surface area contributed by atoms with E-state index in [2.05, 4.69) is 234 Å². The van der Waals surface area contributed by atoms with Crippen LogP contribution in [0.4, 0.5) is 34.1 Å². The molecule has 2 aliphatic carbocycles. The van der Waals surface area contributed by atoms with Crippen LogP contribution in [0.2, 0.25) is 0 Å². The maximum Gasteiger partial charge on any atom is 0.159 e. The van der Waals surface area contributed by atoms with Crippen molar-refractivity contribution in [2.75, 3.05) is 9.80 Å². The zero-order valence-corrected chi connectivity index (χ0v) is 38.2. The van der Waals surface area contributed by atoms with Crippen molar-refractivity contribution < 1.29 is 4.42 Å². The maximum atomic E-state index is 6.78. The molecule has 0 saturated carbocycles. The third kappa shape index (κ3) is 5.17. The van der Waals surface area contributed by atoms with E-state index >= 15 is 0 Å². The molecular formula is C63H38N2OS2. The van der Waals surface area contributed by atoms with Gasteiger partial charge in [0, 0.05) is 58.6 Å². The Hall–Kier alpha value is -8.22. The Bertz CT molecular complexity index is 4180. The summed E-state index contributed by atoms with van der Waals surface area (Å²) in [5, 5.41) is 6.10. The van der Waals surface area contributed by atoms with Gasteiger partial charge in [0.1, 0.15) is 5.58 Å². The van der Waals surface area contributed by atoms with Gasteiger partial charge < -0.3 is 14.2 Å². The summed E-state index contributed by atoms with van der Waals surface area (Å²) in [6.07, 6.45) is 0. The highest BCUT2D eigenvalue weighted by molar-refractivity contribution is 7.26. The minimum Gasteiger partial charge on any atom is -0.454 e. The van der Waals surface area contributed by atoms with Crippen LogP contribution in [0.1, 0.15) is 22.3 Å². The quantitative estimate of drug-likeness (QED) is 0.166. The summed E-state index contributed by atoms with van der Waals surface area (Å²) >= 11 is 3.79. The van der Waals surface area contributed by atoms with Gasteiger partial charge in [-0.15, -0.1) is 22.7 Å². The normalized spacial score (nSPS) is 14.5. The van der Waals surface area contributed by atoms with E-state index in [9.17, 15) is 0 Å². The number of thiophene rings is 2. The molecule has 3 nitrogen and oxygen atoms in total. The molecule has 0 bridgehead atoms. The molecule has 13 aromatic rings. The first-order chi connectivity index (χ1) is 33.7. The van der Waals surface area contributed by atoms with Gasteiger partial charge in [0.15, 0.2) is 5.58 Å². The number of hydrogen-bond donors (Lipinski definition) is 0. The van der Waals surface area contributed by atoms with Gasteiger partial charge in [-0.25, -0.2) is 0 Å². The van der Waals surface area contributed by atoms with Crippen LogP contribution in [0.3, 0.4) is 0 Å². The molecule has 0 N–H and O–H groups in total. The summed E-state index contributed by atoms with van der Waals surface area (Å²) in [7, 11) is 0. The zero-order chi connectivity index (χ0) is 44.5. The molecule has 5 heteroatoms. The Morgan fingerprint density at radius 2 is 0.897 bits per heavy atom. The molecule has 0 aliphatic heterocycles. The molecule has 2 aliphatic rings. The summed E-state index contributed by atoms with van der Waals surface area (Å²) in [5.41, 5.74) is 16.8. The molecule has 1 atom stereocenters. The smallest absolute Gasteiger partial charge is 0.159 e. The second-order valence-corrected chi connectivity index (χ2v) is 20.0. The van der Waals surface area contributed by atoms with Gasteiger partial charge in [-0.05, 0) is 123 Å². The molecule has 68 heavy (non-hydrogen) atoms. The molecular weight excluding hydrogens is 865 g/mol. The number of benzene rings is 10. The Morgan fingerprint density at radius 1 is 0.353 bits per heavy atom. The average Bonchev–Trinajstić information content (AvgIpc) is 4.20. The lowest BCUT2D eigenvalue weighted by molar-refractivity contribution is 0.669. The van der Waals surface area contributed by atoms with E-state index in [1.54, 1.807) is 0 Å². The predicted molar refractivity (Wildman–Crippen MR) is 288 cm³/mol. The van der Waals surface area contributed by atoms with E-state index in [0.717, 1.165) is 50.4 Å². The van der Waals surface area contributed by atoms with E-state index in [0.29, 0.717) is 0 Å². The van der Waals surface area contributed by atoms with Crippen molar-refractivity contribution in [2.45, 2.75) is 5.41 Å². The molecule has 1 unspecified atom stereocenters. The second kappa shape index (κ2) is 14.4. The summed E-state index contributed by atoms with van der Waals surface area (Å²) in [6, 6.07) is 84.9. The zero-order valence-electron chi connectivity index (χ0n) is 36.6. The monoisotopic (exact) mass is 902 g/mol. The Labute approximate surface area is 400 Å². The summed E-state index contributed by atoms with van der Waals surface area (Å²) in [4.78, 5) is 6.21. The first-order valence-corrected chi connectivity index (χ1v) is 24.8. The van der Waals surface area contributed by atoms with Crippen LogP contribution < -0.4 is 9.80 Å². The predicted octanol–water partition coefficient (Wildman–Crippen LogP) is 18.5. The van der Waals surface area contributed by atoms with E-state index in [-0.39, 0.29) is 0 Å². The molecule has 1 spiro atoms. The molecule has 0 amide bonds. The second-order valence-electron chi connectivity index (χ2n) is 17.9. The minimum atomic E-state index is -0.623. The standard InChI is InChI=1S/C63H38N2OS2/c1-3-17-39(18-4-1)64(54-28-15-25-47-45-22-8-12-30-56(45)66-60(47)54)41-34-36-49-53(38-41)63(59-50-24-10-14-32-58(50)68-62(49)59)51-27-11-7-21-43(51)44-35-33-42(37-52(44)63)65(40-19-5-2-6-20-40)55-29-16-26-48-46-23-9-13-31-57(46)67-61(48)55/h1-38H. The molecule has 3 aromatic heterocycles. The van der Waals surface area contributed by atoms with Crippen molar-refractivity contribution in [1.82, 2.24) is 0 Å². The number of para-hydroxylation sites is 4. The van der Waals surface area contributed by atoms with Gasteiger partial charge >= 0.3 is 0 Å². The van der Waals surface area contributed by atoms with Crippen LogP contribution in [0, 0.1) is 0 Å². The van der Waals surface area contributed by atoms with Gasteiger partial charge in [0.05, 0.1) is 21.5 Å². The van der Waals surface area contributed by atoms with E-state index < -0.39 is 5.41 Å². The van der Waals surface area contributed by atoms with Gasteiger partial charge in [0.2, 0.25) is 0 Å². The average molecular weight is 903 g/mol. The van der Waals surface area contributed by atoms with E-state index in [1.165, 1.54) is 79.8 Å². The third-order valence-electron chi connectivity index (χ3n) is 14.4. The third-order valence-corrected chi connectivity index (χ3v) is 16.9. The van der Waals surface area contributed by atoms with Crippen LogP contribution in [0.15, 0.2) is 235 Å². The summed E-state index contributed by atoms with van der Waals surface area (Å²) in [5.74, 6) is 0. The van der Waals surface area contributed by atoms with Crippen LogP contribution >= 0.6 is 22.7 Å². The number of anilines is 6. The van der Waals surface area contributed by atoms with Crippen molar-refractivity contribution in [3.05, 3.63) is 253 Å². The first kappa shape index (κ1) is 37.9. The highest BCUT2D eigenvalue weighted by Gasteiger charge is 2.54. The van der Waals surface area contributed by atoms with Gasteiger partial charge in [-0.2, -0.15) is 0 Å². The molecule has 3 heterocycles. The number of rotatable bonds is 6. The molecule has 15 rings (SSSR count). The van der Waals surface area contributed by atoms with Gasteiger partial charge in [-0.1, -0.05) is 152 Å². The summed E-state index contributed by atoms with van der Waals surface area (Å²) in [6.45, 7) is 0. The fourth-order valence-corrected chi connectivity index (χ4v) is 14.2. The van der Waals surface area contributed by atoms with Gasteiger partial charge in [-0.3, -0.25) is 0 Å². The van der Waals surface area contributed by atoms with Crippen LogP contribution in [-0.4, -0.2) is 0 Å². The molecule has 0 saturated heterocycles. The molecule has 10 aromatic carbocycles. The minimum absolute atomic E-state index is 0.623. The van der Waals surface area contributed by atoms with E-state index in [4.69, 9.17) is 4.42 Å². The Morgan fingerprint density at radius 3 is 1.66 bits per heavy atom.